The lowest BCUT2D eigenvalue weighted by molar-refractivity contribution is 0.207. The largest absolute Gasteiger partial charge is 0.493 e. The fraction of sp³-hybridized carbons (Fsp3) is 0.600. The molecule has 3 nitrogen and oxygen atoms in total. The minimum atomic E-state index is 0.668. The second-order valence-corrected chi connectivity index (χ2v) is 6.28. The molecule has 0 saturated carbocycles. The molecule has 2 aliphatic heterocycles. The smallest absolute Gasteiger partial charge is 0.127 e. The summed E-state index contributed by atoms with van der Waals surface area (Å²) >= 11 is 3.62. The molecule has 104 valence electrons. The average molecular weight is 325 g/mol. The van der Waals surface area contributed by atoms with E-state index in [-0.39, 0.29) is 0 Å². The van der Waals surface area contributed by atoms with Crippen molar-refractivity contribution in [2.45, 2.75) is 32.4 Å². The standard InChI is InChI=1S/C15H21BrN2O/c1-2-18(14-3-5-17-9-14)10-12-8-13(16)7-11-4-6-19-15(11)12/h7-8,14,17H,2-6,9-10H2,1H3. The van der Waals surface area contributed by atoms with Gasteiger partial charge in [-0.2, -0.15) is 0 Å². The summed E-state index contributed by atoms with van der Waals surface area (Å²) in [6.45, 7) is 7.42. The van der Waals surface area contributed by atoms with Crippen molar-refractivity contribution in [3.63, 3.8) is 0 Å². The van der Waals surface area contributed by atoms with Crippen LogP contribution >= 0.6 is 15.9 Å². The van der Waals surface area contributed by atoms with Gasteiger partial charge in [0.25, 0.3) is 0 Å². The number of fused-ring (bicyclic) bond motifs is 1. The maximum atomic E-state index is 5.83. The number of halogens is 1. The van der Waals surface area contributed by atoms with Gasteiger partial charge in [-0.1, -0.05) is 22.9 Å². The minimum Gasteiger partial charge on any atom is -0.493 e. The van der Waals surface area contributed by atoms with Gasteiger partial charge in [-0.3, -0.25) is 4.90 Å². The van der Waals surface area contributed by atoms with Crippen molar-refractivity contribution in [3.8, 4) is 5.75 Å². The summed E-state index contributed by atoms with van der Waals surface area (Å²) in [7, 11) is 0. The Morgan fingerprint density at radius 1 is 1.47 bits per heavy atom. The highest BCUT2D eigenvalue weighted by Gasteiger charge is 2.24. The van der Waals surface area contributed by atoms with Crippen molar-refractivity contribution in [1.82, 2.24) is 10.2 Å². The first-order valence-corrected chi connectivity index (χ1v) is 7.96. The zero-order chi connectivity index (χ0) is 13.2. The first-order chi connectivity index (χ1) is 9.28. The van der Waals surface area contributed by atoms with Crippen molar-refractivity contribution < 1.29 is 4.74 Å². The van der Waals surface area contributed by atoms with Crippen molar-refractivity contribution in [3.05, 3.63) is 27.7 Å². The number of ether oxygens (including phenoxy) is 1. The van der Waals surface area contributed by atoms with Crippen LogP contribution in [0.15, 0.2) is 16.6 Å². The third-order valence-corrected chi connectivity index (χ3v) is 4.61. The zero-order valence-corrected chi connectivity index (χ0v) is 13.0. The molecule has 2 aliphatic rings. The van der Waals surface area contributed by atoms with Gasteiger partial charge in [0.05, 0.1) is 6.61 Å². The number of hydrogen-bond acceptors (Lipinski definition) is 3. The summed E-state index contributed by atoms with van der Waals surface area (Å²) in [6, 6.07) is 5.08. The van der Waals surface area contributed by atoms with Crippen LogP contribution in [-0.4, -0.2) is 37.2 Å². The third-order valence-electron chi connectivity index (χ3n) is 4.16. The van der Waals surface area contributed by atoms with Crippen LogP contribution in [0, 0.1) is 0 Å². The summed E-state index contributed by atoms with van der Waals surface area (Å²) in [5, 5.41) is 3.45. The number of likely N-dealkylation sites (N-methyl/N-ethyl adjacent to an activating group) is 1. The Morgan fingerprint density at radius 3 is 3.11 bits per heavy atom. The molecule has 4 heteroatoms. The Kier molecular flexibility index (Phi) is 4.10. The van der Waals surface area contributed by atoms with E-state index < -0.39 is 0 Å². The fourth-order valence-electron chi connectivity index (χ4n) is 3.13. The SMILES string of the molecule is CCN(Cc1cc(Br)cc2c1OCC2)C1CCNC1. The molecular weight excluding hydrogens is 304 g/mol. The van der Waals surface area contributed by atoms with E-state index in [1.807, 2.05) is 0 Å². The van der Waals surface area contributed by atoms with Gasteiger partial charge >= 0.3 is 0 Å². The van der Waals surface area contributed by atoms with E-state index in [9.17, 15) is 0 Å². The van der Waals surface area contributed by atoms with Crippen LogP contribution in [0.25, 0.3) is 0 Å². The van der Waals surface area contributed by atoms with Crippen LogP contribution < -0.4 is 10.1 Å². The third kappa shape index (κ3) is 2.81. The van der Waals surface area contributed by atoms with Gasteiger partial charge in [0.15, 0.2) is 0 Å². The molecule has 1 N–H and O–H groups in total. The molecular formula is C15H21BrN2O. The topological polar surface area (TPSA) is 24.5 Å². The first kappa shape index (κ1) is 13.4. The maximum Gasteiger partial charge on any atom is 0.127 e. The number of rotatable bonds is 4. The molecule has 2 heterocycles. The molecule has 0 spiro atoms. The van der Waals surface area contributed by atoms with Crippen LogP contribution in [0.2, 0.25) is 0 Å². The molecule has 0 amide bonds. The summed E-state index contributed by atoms with van der Waals surface area (Å²) < 4.78 is 7.00. The van der Waals surface area contributed by atoms with Crippen LogP contribution in [0.4, 0.5) is 0 Å². The normalized spacial score (nSPS) is 21.7. The molecule has 1 saturated heterocycles. The number of nitrogens with zero attached hydrogens (tertiary/aromatic N) is 1. The van der Waals surface area contributed by atoms with Crippen LogP contribution in [0.3, 0.4) is 0 Å². The van der Waals surface area contributed by atoms with E-state index in [2.05, 4.69) is 45.2 Å². The quantitative estimate of drug-likeness (QED) is 0.921. The summed E-state index contributed by atoms with van der Waals surface area (Å²) in [5.41, 5.74) is 2.68. The van der Waals surface area contributed by atoms with Gasteiger partial charge < -0.3 is 10.1 Å². The second-order valence-electron chi connectivity index (χ2n) is 5.36. The van der Waals surface area contributed by atoms with E-state index in [1.54, 1.807) is 0 Å². The first-order valence-electron chi connectivity index (χ1n) is 7.16. The average Bonchev–Trinajstić information content (AvgIpc) is 3.05. The van der Waals surface area contributed by atoms with Crippen molar-refractivity contribution in [2.24, 2.45) is 0 Å². The lowest BCUT2D eigenvalue weighted by atomic mass is 10.1. The van der Waals surface area contributed by atoms with Gasteiger partial charge in [0, 0.05) is 35.6 Å². The van der Waals surface area contributed by atoms with Gasteiger partial charge in [-0.05, 0) is 37.2 Å². The van der Waals surface area contributed by atoms with Gasteiger partial charge in [-0.15, -0.1) is 0 Å². The Morgan fingerprint density at radius 2 is 2.37 bits per heavy atom. The highest BCUT2D eigenvalue weighted by Crippen LogP contribution is 2.34. The predicted molar refractivity (Wildman–Crippen MR) is 80.7 cm³/mol. The molecule has 1 aromatic carbocycles. The van der Waals surface area contributed by atoms with Crippen LogP contribution in [-0.2, 0) is 13.0 Å². The van der Waals surface area contributed by atoms with Gasteiger partial charge in [-0.25, -0.2) is 0 Å². The molecule has 19 heavy (non-hydrogen) atoms. The van der Waals surface area contributed by atoms with Gasteiger partial charge in [0.2, 0.25) is 0 Å². The molecule has 3 rings (SSSR count). The number of benzene rings is 1. The number of hydrogen-bond donors (Lipinski definition) is 1. The molecule has 0 radical (unpaired) electrons. The molecule has 1 atom stereocenters. The summed E-state index contributed by atoms with van der Waals surface area (Å²) in [4.78, 5) is 2.56. The summed E-state index contributed by atoms with van der Waals surface area (Å²) in [6.07, 6.45) is 2.30. The van der Waals surface area contributed by atoms with E-state index in [0.717, 1.165) is 45.0 Å². The van der Waals surface area contributed by atoms with E-state index in [4.69, 9.17) is 4.74 Å². The monoisotopic (exact) mass is 324 g/mol. The van der Waals surface area contributed by atoms with Crippen molar-refractivity contribution in [1.29, 1.82) is 0 Å². The molecule has 0 aromatic heterocycles. The highest BCUT2D eigenvalue weighted by molar-refractivity contribution is 9.10. The van der Waals surface area contributed by atoms with E-state index in [0.29, 0.717) is 6.04 Å². The Balaban J connectivity index is 1.81. The maximum absolute atomic E-state index is 5.83. The molecule has 1 aromatic rings. The lowest BCUT2D eigenvalue weighted by Crippen LogP contribution is -2.36. The zero-order valence-electron chi connectivity index (χ0n) is 11.4. The van der Waals surface area contributed by atoms with Gasteiger partial charge in [0.1, 0.15) is 5.75 Å². The molecule has 0 bridgehead atoms. The van der Waals surface area contributed by atoms with Crippen LogP contribution in [0.5, 0.6) is 5.75 Å². The highest BCUT2D eigenvalue weighted by atomic mass is 79.9. The fourth-order valence-corrected chi connectivity index (χ4v) is 3.69. The van der Waals surface area contributed by atoms with Crippen molar-refractivity contribution in [2.75, 3.05) is 26.2 Å². The molecule has 0 aliphatic carbocycles. The number of nitrogens with one attached hydrogen (secondary N) is 1. The Bertz CT molecular complexity index is 458. The second kappa shape index (κ2) is 5.81. The Labute approximate surface area is 123 Å². The van der Waals surface area contributed by atoms with Crippen molar-refractivity contribution >= 4 is 15.9 Å². The Hall–Kier alpha value is -0.580. The summed E-state index contributed by atoms with van der Waals surface area (Å²) in [5.74, 6) is 1.13. The van der Waals surface area contributed by atoms with E-state index in [1.165, 1.54) is 22.0 Å². The molecule has 1 fully saturated rings. The van der Waals surface area contributed by atoms with Crippen LogP contribution in [0.1, 0.15) is 24.5 Å². The molecule has 1 unspecified atom stereocenters. The lowest BCUT2D eigenvalue weighted by Gasteiger charge is -2.27. The predicted octanol–water partition coefficient (Wildman–Crippen LogP) is 2.57. The minimum absolute atomic E-state index is 0.668. The van der Waals surface area contributed by atoms with E-state index >= 15 is 0 Å².